The summed E-state index contributed by atoms with van der Waals surface area (Å²) >= 11 is 5.88. The lowest BCUT2D eigenvalue weighted by atomic mass is 10.0. The molecule has 4 nitrogen and oxygen atoms in total. The summed E-state index contributed by atoms with van der Waals surface area (Å²) in [6.45, 7) is 2.03. The van der Waals surface area contributed by atoms with Crippen molar-refractivity contribution in [2.24, 2.45) is 5.92 Å². The minimum Gasteiger partial charge on any atom is -0.481 e. The lowest BCUT2D eigenvalue weighted by Crippen LogP contribution is -2.33. The molecule has 1 aromatic carbocycles. The minimum atomic E-state index is -0.892. The summed E-state index contributed by atoms with van der Waals surface area (Å²) in [4.78, 5) is 22.7. The fourth-order valence-electron chi connectivity index (χ4n) is 1.62. The van der Waals surface area contributed by atoms with Gasteiger partial charge in [0.05, 0.1) is 16.5 Å². The molecule has 0 spiro atoms. The van der Waals surface area contributed by atoms with Gasteiger partial charge in [-0.1, -0.05) is 37.1 Å². The minimum absolute atomic E-state index is 0.118. The number of hydrogen-bond acceptors (Lipinski definition) is 2. The van der Waals surface area contributed by atoms with Gasteiger partial charge >= 0.3 is 5.97 Å². The van der Waals surface area contributed by atoms with Crippen LogP contribution in [-0.4, -0.2) is 23.5 Å². The molecule has 0 bridgehead atoms. The maximum Gasteiger partial charge on any atom is 0.308 e. The van der Waals surface area contributed by atoms with Gasteiger partial charge < -0.3 is 10.4 Å². The Hall–Kier alpha value is -1.55. The first-order valence-corrected chi connectivity index (χ1v) is 6.19. The molecule has 0 aliphatic heterocycles. The third-order valence-corrected chi connectivity index (χ3v) is 2.94. The standard InChI is InChI=1S/C13H16ClNO3/c1-2-5-9(13(17)18)8-15-12(16)10-6-3-4-7-11(10)14/h3-4,6-7,9H,2,5,8H2,1H3,(H,15,16)(H,17,18). The van der Waals surface area contributed by atoms with Crippen molar-refractivity contribution in [1.29, 1.82) is 0 Å². The second-order valence-electron chi connectivity index (χ2n) is 4.01. The van der Waals surface area contributed by atoms with Crippen LogP contribution in [0.4, 0.5) is 0 Å². The summed E-state index contributed by atoms with van der Waals surface area (Å²) < 4.78 is 0. The van der Waals surface area contributed by atoms with E-state index in [2.05, 4.69) is 5.32 Å². The van der Waals surface area contributed by atoms with Crippen molar-refractivity contribution in [3.05, 3.63) is 34.9 Å². The Morgan fingerprint density at radius 3 is 2.61 bits per heavy atom. The lowest BCUT2D eigenvalue weighted by Gasteiger charge is -2.12. The molecule has 0 saturated carbocycles. The zero-order valence-electron chi connectivity index (χ0n) is 10.1. The zero-order chi connectivity index (χ0) is 13.5. The Labute approximate surface area is 111 Å². The van der Waals surface area contributed by atoms with E-state index >= 15 is 0 Å². The molecule has 0 saturated heterocycles. The molecule has 18 heavy (non-hydrogen) atoms. The number of rotatable bonds is 6. The number of amides is 1. The molecule has 1 amide bonds. The molecule has 0 radical (unpaired) electrons. The number of halogens is 1. The number of carbonyl (C=O) groups is 2. The molecule has 1 rings (SSSR count). The van der Waals surface area contributed by atoms with Crippen LogP contribution in [0.3, 0.4) is 0 Å². The Bertz CT molecular complexity index is 434. The topological polar surface area (TPSA) is 66.4 Å². The van der Waals surface area contributed by atoms with E-state index in [0.717, 1.165) is 6.42 Å². The number of hydrogen-bond donors (Lipinski definition) is 2. The van der Waals surface area contributed by atoms with Crippen molar-refractivity contribution < 1.29 is 14.7 Å². The second kappa shape index (κ2) is 7.01. The SMILES string of the molecule is CCCC(CNC(=O)c1ccccc1Cl)C(=O)O. The first kappa shape index (κ1) is 14.5. The molecule has 0 heterocycles. The van der Waals surface area contributed by atoms with Crippen LogP contribution < -0.4 is 5.32 Å². The Kier molecular flexibility index (Phi) is 5.65. The molecule has 98 valence electrons. The van der Waals surface area contributed by atoms with Gasteiger partial charge in [0, 0.05) is 6.54 Å². The van der Waals surface area contributed by atoms with Crippen LogP contribution in [0, 0.1) is 5.92 Å². The molecular formula is C13H16ClNO3. The van der Waals surface area contributed by atoms with Crippen molar-refractivity contribution in [1.82, 2.24) is 5.32 Å². The van der Waals surface area contributed by atoms with Crippen LogP contribution in [0.5, 0.6) is 0 Å². The highest BCUT2D eigenvalue weighted by Gasteiger charge is 2.18. The maximum atomic E-state index is 11.8. The van der Waals surface area contributed by atoms with Crippen LogP contribution in [0.2, 0.25) is 5.02 Å². The van der Waals surface area contributed by atoms with Gasteiger partial charge in [-0.05, 0) is 18.6 Å². The molecule has 0 fully saturated rings. The van der Waals surface area contributed by atoms with Gasteiger partial charge in [-0.3, -0.25) is 9.59 Å². The summed E-state index contributed by atoms with van der Waals surface area (Å²) in [7, 11) is 0. The zero-order valence-corrected chi connectivity index (χ0v) is 10.9. The van der Waals surface area contributed by atoms with Gasteiger partial charge in [0.2, 0.25) is 0 Å². The van der Waals surface area contributed by atoms with Crippen LogP contribution in [0.25, 0.3) is 0 Å². The van der Waals surface area contributed by atoms with E-state index in [1.54, 1.807) is 24.3 Å². The van der Waals surface area contributed by atoms with Crippen LogP contribution >= 0.6 is 11.6 Å². The highest BCUT2D eigenvalue weighted by atomic mass is 35.5. The van der Waals surface area contributed by atoms with Crippen molar-refractivity contribution in [3.63, 3.8) is 0 Å². The number of benzene rings is 1. The van der Waals surface area contributed by atoms with Gasteiger partial charge in [-0.25, -0.2) is 0 Å². The average Bonchev–Trinajstić information content (AvgIpc) is 2.34. The monoisotopic (exact) mass is 269 g/mol. The average molecular weight is 270 g/mol. The first-order valence-electron chi connectivity index (χ1n) is 5.81. The van der Waals surface area contributed by atoms with Crippen molar-refractivity contribution in [3.8, 4) is 0 Å². The Morgan fingerprint density at radius 1 is 1.39 bits per heavy atom. The third kappa shape index (κ3) is 4.04. The lowest BCUT2D eigenvalue weighted by molar-refractivity contribution is -0.141. The normalized spacial score (nSPS) is 11.9. The van der Waals surface area contributed by atoms with Crippen LogP contribution in [0.15, 0.2) is 24.3 Å². The van der Waals surface area contributed by atoms with E-state index in [1.807, 2.05) is 6.92 Å². The maximum absolute atomic E-state index is 11.8. The van der Waals surface area contributed by atoms with Crippen LogP contribution in [0.1, 0.15) is 30.1 Å². The van der Waals surface area contributed by atoms with Crippen molar-refractivity contribution in [2.75, 3.05) is 6.54 Å². The highest BCUT2D eigenvalue weighted by molar-refractivity contribution is 6.33. The molecule has 0 aliphatic rings. The molecular weight excluding hydrogens is 254 g/mol. The largest absolute Gasteiger partial charge is 0.481 e. The Balaban J connectivity index is 2.60. The van der Waals surface area contributed by atoms with Gasteiger partial charge in [-0.15, -0.1) is 0 Å². The summed E-state index contributed by atoms with van der Waals surface area (Å²) in [6.07, 6.45) is 1.30. The molecule has 1 atom stereocenters. The quantitative estimate of drug-likeness (QED) is 0.834. The van der Waals surface area contributed by atoms with E-state index in [4.69, 9.17) is 16.7 Å². The van der Waals surface area contributed by atoms with E-state index in [0.29, 0.717) is 17.0 Å². The van der Waals surface area contributed by atoms with Gasteiger partial charge in [-0.2, -0.15) is 0 Å². The number of nitrogens with one attached hydrogen (secondary N) is 1. The molecule has 2 N–H and O–H groups in total. The van der Waals surface area contributed by atoms with E-state index in [-0.39, 0.29) is 12.5 Å². The third-order valence-electron chi connectivity index (χ3n) is 2.61. The predicted octanol–water partition coefficient (Wildman–Crippen LogP) is 2.57. The van der Waals surface area contributed by atoms with Crippen LogP contribution in [-0.2, 0) is 4.79 Å². The predicted molar refractivity (Wildman–Crippen MR) is 69.8 cm³/mol. The fraction of sp³-hybridized carbons (Fsp3) is 0.385. The number of carboxylic acids is 1. The van der Waals surface area contributed by atoms with Gasteiger partial charge in [0.1, 0.15) is 0 Å². The van der Waals surface area contributed by atoms with E-state index in [9.17, 15) is 9.59 Å². The van der Waals surface area contributed by atoms with Gasteiger partial charge in [0.15, 0.2) is 0 Å². The van der Waals surface area contributed by atoms with E-state index in [1.165, 1.54) is 0 Å². The number of carboxylic acid groups (broad SMARTS) is 1. The molecule has 0 aliphatic carbocycles. The summed E-state index contributed by atoms with van der Waals surface area (Å²) in [6, 6.07) is 6.67. The number of aliphatic carboxylic acids is 1. The summed E-state index contributed by atoms with van der Waals surface area (Å²) in [5.41, 5.74) is 0.361. The smallest absolute Gasteiger partial charge is 0.308 e. The van der Waals surface area contributed by atoms with Crippen molar-refractivity contribution >= 4 is 23.5 Å². The summed E-state index contributed by atoms with van der Waals surface area (Å²) in [5, 5.41) is 11.9. The van der Waals surface area contributed by atoms with E-state index < -0.39 is 11.9 Å². The Morgan fingerprint density at radius 2 is 2.06 bits per heavy atom. The molecule has 5 heteroatoms. The number of carbonyl (C=O) groups excluding carboxylic acids is 1. The fourth-order valence-corrected chi connectivity index (χ4v) is 1.84. The molecule has 0 aromatic heterocycles. The van der Waals surface area contributed by atoms with Gasteiger partial charge in [0.25, 0.3) is 5.91 Å². The molecule has 1 aromatic rings. The summed E-state index contributed by atoms with van der Waals surface area (Å²) in [5.74, 6) is -1.79. The first-order chi connectivity index (χ1) is 8.56. The highest BCUT2D eigenvalue weighted by Crippen LogP contribution is 2.14. The second-order valence-corrected chi connectivity index (χ2v) is 4.42. The van der Waals surface area contributed by atoms with Crippen molar-refractivity contribution in [2.45, 2.75) is 19.8 Å². The molecule has 1 unspecified atom stereocenters.